The van der Waals surface area contributed by atoms with E-state index in [1.807, 2.05) is 68.4 Å². The number of fused-ring (bicyclic) bond motifs is 4. The number of methoxy groups -OCH3 is 1. The first-order chi connectivity index (χ1) is 18.5. The van der Waals surface area contributed by atoms with Crippen LogP contribution in [0.25, 0.3) is 5.65 Å². The van der Waals surface area contributed by atoms with E-state index in [1.54, 1.807) is 30.1 Å². The van der Waals surface area contributed by atoms with Crippen LogP contribution in [0.3, 0.4) is 0 Å². The monoisotopic (exact) mass is 507 g/mol. The van der Waals surface area contributed by atoms with Gasteiger partial charge in [0.2, 0.25) is 5.88 Å². The summed E-state index contributed by atoms with van der Waals surface area (Å²) in [7, 11) is 1.64. The lowest BCUT2D eigenvalue weighted by Gasteiger charge is -2.28. The summed E-state index contributed by atoms with van der Waals surface area (Å²) in [4.78, 5) is 14.9. The van der Waals surface area contributed by atoms with Gasteiger partial charge in [-0.2, -0.15) is 0 Å². The van der Waals surface area contributed by atoms with E-state index in [2.05, 4.69) is 15.2 Å². The number of benzene rings is 3. The van der Waals surface area contributed by atoms with Crippen LogP contribution in [0.5, 0.6) is 23.1 Å². The van der Waals surface area contributed by atoms with Crippen LogP contribution in [0.1, 0.15) is 46.5 Å². The molecular weight excluding hydrogens is 482 g/mol. The number of aromatic nitrogens is 4. The van der Waals surface area contributed by atoms with E-state index in [1.165, 1.54) is 5.56 Å². The van der Waals surface area contributed by atoms with Gasteiger partial charge in [0, 0.05) is 17.5 Å². The number of ether oxygens (including phenoxy) is 2. The van der Waals surface area contributed by atoms with E-state index < -0.39 is 0 Å². The Kier molecular flexibility index (Phi) is 5.88. The third kappa shape index (κ3) is 4.28. The van der Waals surface area contributed by atoms with Gasteiger partial charge in [-0.3, -0.25) is 0 Å². The molecule has 3 heterocycles. The summed E-state index contributed by atoms with van der Waals surface area (Å²) in [5.74, 6) is 2.03. The fourth-order valence-electron chi connectivity index (χ4n) is 4.59. The molecule has 0 fully saturated rings. The molecule has 190 valence electrons. The number of aromatic hydroxyl groups is 1. The molecule has 6 rings (SSSR count). The number of nitrogens with zero attached hydrogens (tertiary/aromatic N) is 5. The van der Waals surface area contributed by atoms with Crippen molar-refractivity contribution in [2.24, 2.45) is 5.16 Å². The van der Waals surface area contributed by atoms with Crippen LogP contribution in [0, 0.1) is 6.92 Å². The molecule has 0 amide bonds. The second kappa shape index (κ2) is 9.51. The molecule has 1 aliphatic heterocycles. The second-order valence-corrected chi connectivity index (χ2v) is 9.11. The lowest BCUT2D eigenvalue weighted by Crippen LogP contribution is -2.15. The van der Waals surface area contributed by atoms with E-state index in [0.717, 1.165) is 33.7 Å². The van der Waals surface area contributed by atoms with Gasteiger partial charge in [0.25, 0.3) is 0 Å². The third-order valence-corrected chi connectivity index (χ3v) is 6.55. The van der Waals surface area contributed by atoms with E-state index in [9.17, 15) is 5.11 Å². The number of aryl methyl sites for hydroxylation is 1. The minimum atomic E-state index is -0.253. The Balaban J connectivity index is 1.37. The normalized spacial score (nSPS) is 14.5. The molecule has 1 unspecified atom stereocenters. The van der Waals surface area contributed by atoms with Gasteiger partial charge in [0.15, 0.2) is 18.1 Å². The third-order valence-electron chi connectivity index (χ3n) is 6.55. The molecule has 5 aromatic rings. The lowest BCUT2D eigenvalue weighted by atomic mass is 9.84. The smallest absolute Gasteiger partial charge is 0.228 e. The van der Waals surface area contributed by atoms with Crippen LogP contribution in [-0.4, -0.2) is 37.5 Å². The Morgan fingerprint density at radius 2 is 1.87 bits per heavy atom. The minimum Gasteiger partial charge on any atom is -0.508 e. The van der Waals surface area contributed by atoms with Crippen molar-refractivity contribution in [3.8, 4) is 23.1 Å². The fourth-order valence-corrected chi connectivity index (χ4v) is 4.59. The Labute approximate surface area is 219 Å². The van der Waals surface area contributed by atoms with Crippen LogP contribution in [-0.2, 0) is 11.4 Å². The number of phenols is 1. The highest BCUT2D eigenvalue weighted by molar-refractivity contribution is 5.98. The molecule has 0 spiro atoms. The van der Waals surface area contributed by atoms with Crippen molar-refractivity contribution < 1.29 is 19.4 Å². The molecule has 1 aliphatic rings. The quantitative estimate of drug-likeness (QED) is 0.239. The Morgan fingerprint density at radius 3 is 2.63 bits per heavy atom. The zero-order valence-electron chi connectivity index (χ0n) is 21.1. The number of oxime groups is 1. The predicted octanol–water partition coefficient (Wildman–Crippen LogP) is 5.37. The number of rotatable bonds is 6. The summed E-state index contributed by atoms with van der Waals surface area (Å²) in [6.07, 6.45) is 1.56. The van der Waals surface area contributed by atoms with Gasteiger partial charge in [-0.1, -0.05) is 53.2 Å². The summed E-state index contributed by atoms with van der Waals surface area (Å²) >= 11 is 0. The molecule has 0 saturated carbocycles. The first-order valence-corrected chi connectivity index (χ1v) is 12.1. The highest BCUT2D eigenvalue weighted by Gasteiger charge is 2.33. The summed E-state index contributed by atoms with van der Waals surface area (Å²) in [5, 5.41) is 18.9. The average Bonchev–Trinajstić information content (AvgIpc) is 3.35. The van der Waals surface area contributed by atoms with Crippen LogP contribution in [0.4, 0.5) is 0 Å². The molecule has 2 aromatic heterocycles. The molecular formula is C29H25N5O4. The van der Waals surface area contributed by atoms with Gasteiger partial charge in [0.1, 0.15) is 23.6 Å². The van der Waals surface area contributed by atoms with Crippen molar-refractivity contribution in [2.75, 3.05) is 7.11 Å². The van der Waals surface area contributed by atoms with E-state index in [0.29, 0.717) is 23.1 Å². The van der Waals surface area contributed by atoms with Gasteiger partial charge in [0.05, 0.1) is 18.4 Å². The molecule has 0 radical (unpaired) electrons. The number of hydrogen-bond donors (Lipinski definition) is 1. The van der Waals surface area contributed by atoms with Crippen molar-refractivity contribution in [3.05, 3.63) is 107 Å². The van der Waals surface area contributed by atoms with Gasteiger partial charge >= 0.3 is 0 Å². The molecule has 3 aromatic carbocycles. The summed E-state index contributed by atoms with van der Waals surface area (Å²) in [6.45, 7) is 4.04. The SMILES string of the molecule is COc1ccc(C2c3ccc(O)cc3Oc3ncn4nc(CO/N=C(/C)c5ccc(C)cc5)nc4c32)cc1. The highest BCUT2D eigenvalue weighted by atomic mass is 16.6. The first-order valence-electron chi connectivity index (χ1n) is 12.1. The van der Waals surface area contributed by atoms with Crippen LogP contribution >= 0.6 is 0 Å². The standard InChI is InChI=1S/C29H25N5O4/c1-17-4-6-19(7-5-17)18(2)33-37-15-25-31-28-27-26(20-8-11-22(36-3)12-9-20)23-13-10-21(35)14-24(23)38-29(27)30-16-34(28)32-25/h4-14,16,26,35H,15H2,1-3H3/b33-18-. The molecule has 0 bridgehead atoms. The van der Waals surface area contributed by atoms with Crippen molar-refractivity contribution in [1.29, 1.82) is 0 Å². The maximum atomic E-state index is 10.1. The largest absolute Gasteiger partial charge is 0.508 e. The molecule has 9 heteroatoms. The zero-order chi connectivity index (χ0) is 26.2. The van der Waals surface area contributed by atoms with Crippen molar-refractivity contribution >= 4 is 11.4 Å². The van der Waals surface area contributed by atoms with E-state index in [4.69, 9.17) is 19.3 Å². The Hall–Kier alpha value is -4.92. The van der Waals surface area contributed by atoms with Gasteiger partial charge < -0.3 is 19.4 Å². The Bertz CT molecular complexity index is 1660. The molecule has 1 atom stereocenters. The summed E-state index contributed by atoms with van der Waals surface area (Å²) in [6, 6.07) is 21.0. The predicted molar refractivity (Wildman–Crippen MR) is 141 cm³/mol. The molecule has 38 heavy (non-hydrogen) atoms. The van der Waals surface area contributed by atoms with Crippen molar-refractivity contribution in [2.45, 2.75) is 26.4 Å². The Morgan fingerprint density at radius 1 is 1.08 bits per heavy atom. The molecule has 1 N–H and O–H groups in total. The van der Waals surface area contributed by atoms with Crippen molar-refractivity contribution in [1.82, 2.24) is 19.6 Å². The summed E-state index contributed by atoms with van der Waals surface area (Å²) < 4.78 is 13.1. The van der Waals surface area contributed by atoms with E-state index >= 15 is 0 Å². The molecule has 9 nitrogen and oxygen atoms in total. The minimum absolute atomic E-state index is 0.0954. The molecule has 0 aliphatic carbocycles. The van der Waals surface area contributed by atoms with Crippen LogP contribution in [0.2, 0.25) is 0 Å². The topological polar surface area (TPSA) is 103 Å². The number of hydrogen-bond acceptors (Lipinski definition) is 8. The number of phenolic OH excluding ortho intramolecular Hbond substituents is 1. The van der Waals surface area contributed by atoms with Gasteiger partial charge in [-0.25, -0.2) is 14.5 Å². The second-order valence-electron chi connectivity index (χ2n) is 9.11. The first kappa shape index (κ1) is 23.5. The highest BCUT2D eigenvalue weighted by Crippen LogP contribution is 2.48. The van der Waals surface area contributed by atoms with Gasteiger partial charge in [-0.15, -0.1) is 5.10 Å². The lowest BCUT2D eigenvalue weighted by molar-refractivity contribution is 0.125. The van der Waals surface area contributed by atoms with Crippen molar-refractivity contribution in [3.63, 3.8) is 0 Å². The molecule has 0 saturated heterocycles. The average molecular weight is 508 g/mol. The summed E-state index contributed by atoms with van der Waals surface area (Å²) in [5.41, 5.74) is 6.19. The zero-order valence-corrected chi connectivity index (χ0v) is 21.1. The maximum absolute atomic E-state index is 10.1. The van der Waals surface area contributed by atoms with Crippen LogP contribution < -0.4 is 9.47 Å². The maximum Gasteiger partial charge on any atom is 0.228 e. The van der Waals surface area contributed by atoms with Crippen LogP contribution in [0.15, 0.2) is 78.2 Å². The van der Waals surface area contributed by atoms with E-state index in [-0.39, 0.29) is 18.3 Å². The van der Waals surface area contributed by atoms with Gasteiger partial charge in [-0.05, 0) is 43.2 Å². The fraction of sp³-hybridized carbons (Fsp3) is 0.172.